The Balaban J connectivity index is 1.67. The number of ether oxygens (including phenoxy) is 1. The third kappa shape index (κ3) is 3.03. The van der Waals surface area contributed by atoms with Crippen molar-refractivity contribution in [3.63, 3.8) is 0 Å². The summed E-state index contributed by atoms with van der Waals surface area (Å²) in [5.41, 5.74) is 2.78. The van der Waals surface area contributed by atoms with E-state index in [1.807, 2.05) is 0 Å². The monoisotopic (exact) mass is 288 g/mol. The molecule has 2 N–H and O–H groups in total. The first-order valence-electron chi connectivity index (χ1n) is 8.23. The van der Waals surface area contributed by atoms with Gasteiger partial charge in [0.1, 0.15) is 5.75 Å². The standard InChI is InChI=1S/C18H28N2O/c1-12(2)13-5-6-15-16(9-13)21-17(20-15)10-18(3,4)14-7-8-19-11-14/h5-6,9,12,14,17,19-20H,7-8,10-11H2,1-4H3. The van der Waals surface area contributed by atoms with Gasteiger partial charge in [-0.2, -0.15) is 0 Å². The minimum absolute atomic E-state index is 0.109. The molecule has 1 fully saturated rings. The summed E-state index contributed by atoms with van der Waals surface area (Å²) in [7, 11) is 0. The van der Waals surface area contributed by atoms with Gasteiger partial charge in [0.25, 0.3) is 0 Å². The number of fused-ring (bicyclic) bond motifs is 1. The van der Waals surface area contributed by atoms with E-state index in [-0.39, 0.29) is 6.23 Å². The van der Waals surface area contributed by atoms with Crippen LogP contribution in [0.1, 0.15) is 52.0 Å². The van der Waals surface area contributed by atoms with Gasteiger partial charge in [-0.15, -0.1) is 0 Å². The van der Waals surface area contributed by atoms with Gasteiger partial charge in [-0.3, -0.25) is 0 Å². The molecule has 3 heteroatoms. The zero-order chi connectivity index (χ0) is 15.0. The second-order valence-corrected chi connectivity index (χ2v) is 7.54. The second kappa shape index (κ2) is 5.53. The van der Waals surface area contributed by atoms with Crippen LogP contribution in [0.25, 0.3) is 0 Å². The number of nitrogens with one attached hydrogen (secondary N) is 2. The fourth-order valence-electron chi connectivity index (χ4n) is 3.53. The van der Waals surface area contributed by atoms with Crippen LogP contribution in [0.2, 0.25) is 0 Å². The van der Waals surface area contributed by atoms with Gasteiger partial charge in [-0.05, 0) is 54.5 Å². The molecule has 1 aromatic carbocycles. The molecule has 3 nitrogen and oxygen atoms in total. The Morgan fingerprint density at radius 2 is 2.14 bits per heavy atom. The van der Waals surface area contributed by atoms with Crippen molar-refractivity contribution < 1.29 is 4.74 Å². The molecular formula is C18H28N2O. The first kappa shape index (κ1) is 14.7. The Hall–Kier alpha value is -1.22. The van der Waals surface area contributed by atoms with E-state index in [1.165, 1.54) is 12.0 Å². The average molecular weight is 288 g/mol. The molecule has 2 aliphatic rings. The molecule has 0 amide bonds. The van der Waals surface area contributed by atoms with E-state index < -0.39 is 0 Å². The molecule has 2 aliphatic heterocycles. The molecule has 0 aliphatic carbocycles. The Kier molecular flexibility index (Phi) is 3.87. The van der Waals surface area contributed by atoms with Crippen LogP contribution in [-0.4, -0.2) is 19.3 Å². The Bertz CT molecular complexity index is 504. The van der Waals surface area contributed by atoms with Gasteiger partial charge in [-0.1, -0.05) is 33.8 Å². The number of anilines is 1. The van der Waals surface area contributed by atoms with Crippen LogP contribution in [0.15, 0.2) is 18.2 Å². The molecule has 2 heterocycles. The van der Waals surface area contributed by atoms with Gasteiger partial charge < -0.3 is 15.4 Å². The predicted molar refractivity (Wildman–Crippen MR) is 87.9 cm³/mol. The topological polar surface area (TPSA) is 33.3 Å². The van der Waals surface area contributed by atoms with Crippen molar-refractivity contribution in [2.75, 3.05) is 18.4 Å². The Labute approximate surface area is 128 Å². The molecular weight excluding hydrogens is 260 g/mol. The molecule has 116 valence electrons. The van der Waals surface area contributed by atoms with Crippen LogP contribution in [0, 0.1) is 11.3 Å². The van der Waals surface area contributed by atoms with Gasteiger partial charge in [0.15, 0.2) is 6.23 Å². The molecule has 0 aromatic heterocycles. The van der Waals surface area contributed by atoms with E-state index in [2.05, 4.69) is 56.5 Å². The number of benzene rings is 1. The van der Waals surface area contributed by atoms with Crippen molar-refractivity contribution in [3.05, 3.63) is 23.8 Å². The van der Waals surface area contributed by atoms with E-state index in [4.69, 9.17) is 4.74 Å². The Morgan fingerprint density at radius 3 is 2.81 bits per heavy atom. The van der Waals surface area contributed by atoms with E-state index >= 15 is 0 Å². The molecule has 0 spiro atoms. The lowest BCUT2D eigenvalue weighted by molar-refractivity contribution is 0.127. The number of rotatable bonds is 4. The third-order valence-corrected chi connectivity index (χ3v) is 5.14. The minimum Gasteiger partial charge on any atom is -0.469 e. The van der Waals surface area contributed by atoms with Gasteiger partial charge in [0.05, 0.1) is 5.69 Å². The van der Waals surface area contributed by atoms with Crippen molar-refractivity contribution in [1.82, 2.24) is 5.32 Å². The Morgan fingerprint density at radius 1 is 1.33 bits per heavy atom. The maximum atomic E-state index is 6.16. The van der Waals surface area contributed by atoms with Crippen molar-refractivity contribution in [1.29, 1.82) is 0 Å². The fraction of sp³-hybridized carbons (Fsp3) is 0.667. The highest BCUT2D eigenvalue weighted by molar-refractivity contribution is 5.61. The summed E-state index contributed by atoms with van der Waals surface area (Å²) in [6.45, 7) is 11.5. The highest BCUT2D eigenvalue weighted by atomic mass is 16.5. The van der Waals surface area contributed by atoms with Crippen LogP contribution < -0.4 is 15.4 Å². The van der Waals surface area contributed by atoms with Crippen LogP contribution in [0.5, 0.6) is 5.75 Å². The maximum Gasteiger partial charge on any atom is 0.170 e. The summed E-state index contributed by atoms with van der Waals surface area (Å²) in [4.78, 5) is 0. The molecule has 1 saturated heterocycles. The molecule has 21 heavy (non-hydrogen) atoms. The summed E-state index contributed by atoms with van der Waals surface area (Å²) in [6, 6.07) is 6.56. The second-order valence-electron chi connectivity index (χ2n) is 7.54. The summed E-state index contributed by atoms with van der Waals surface area (Å²) in [6.07, 6.45) is 2.44. The van der Waals surface area contributed by atoms with E-state index in [1.54, 1.807) is 0 Å². The summed E-state index contributed by atoms with van der Waals surface area (Å²) in [5, 5.41) is 7.02. The lowest BCUT2D eigenvalue weighted by Gasteiger charge is -2.33. The first-order chi connectivity index (χ1) is 9.95. The smallest absolute Gasteiger partial charge is 0.170 e. The average Bonchev–Trinajstić information content (AvgIpc) is 3.06. The SMILES string of the molecule is CC(C)c1ccc2c(c1)OC(CC(C)(C)C1CCNC1)N2. The van der Waals surface area contributed by atoms with Crippen molar-refractivity contribution in [2.45, 2.75) is 52.7 Å². The van der Waals surface area contributed by atoms with E-state index in [9.17, 15) is 0 Å². The predicted octanol–water partition coefficient (Wildman–Crippen LogP) is 3.97. The van der Waals surface area contributed by atoms with E-state index in [0.717, 1.165) is 36.9 Å². The molecule has 0 saturated carbocycles. The number of hydrogen-bond donors (Lipinski definition) is 2. The molecule has 0 radical (unpaired) electrons. The van der Waals surface area contributed by atoms with Crippen molar-refractivity contribution in [3.8, 4) is 5.75 Å². The quantitative estimate of drug-likeness (QED) is 0.879. The lowest BCUT2D eigenvalue weighted by atomic mass is 9.75. The summed E-state index contributed by atoms with van der Waals surface area (Å²) < 4.78 is 6.16. The molecule has 2 atom stereocenters. The van der Waals surface area contributed by atoms with Gasteiger partial charge in [-0.25, -0.2) is 0 Å². The van der Waals surface area contributed by atoms with Crippen LogP contribution in [-0.2, 0) is 0 Å². The zero-order valence-corrected chi connectivity index (χ0v) is 13.7. The summed E-state index contributed by atoms with van der Waals surface area (Å²) >= 11 is 0. The number of hydrogen-bond acceptors (Lipinski definition) is 3. The summed E-state index contributed by atoms with van der Waals surface area (Å²) in [5.74, 6) is 2.31. The van der Waals surface area contributed by atoms with Crippen LogP contribution in [0.3, 0.4) is 0 Å². The third-order valence-electron chi connectivity index (χ3n) is 5.14. The van der Waals surface area contributed by atoms with Crippen LogP contribution >= 0.6 is 0 Å². The maximum absolute atomic E-state index is 6.16. The highest BCUT2D eigenvalue weighted by Gasteiger charge is 2.36. The molecule has 3 rings (SSSR count). The fourth-order valence-corrected chi connectivity index (χ4v) is 3.53. The van der Waals surface area contributed by atoms with Crippen molar-refractivity contribution >= 4 is 5.69 Å². The van der Waals surface area contributed by atoms with Crippen LogP contribution in [0.4, 0.5) is 5.69 Å². The molecule has 1 aromatic rings. The highest BCUT2D eigenvalue weighted by Crippen LogP contribution is 2.41. The van der Waals surface area contributed by atoms with Gasteiger partial charge in [0.2, 0.25) is 0 Å². The first-order valence-corrected chi connectivity index (χ1v) is 8.23. The minimum atomic E-state index is 0.109. The molecule has 2 unspecified atom stereocenters. The van der Waals surface area contributed by atoms with E-state index in [0.29, 0.717) is 11.3 Å². The normalized spacial score (nSPS) is 24.8. The lowest BCUT2D eigenvalue weighted by Crippen LogP contribution is -2.34. The van der Waals surface area contributed by atoms with Gasteiger partial charge in [0, 0.05) is 6.42 Å². The molecule has 0 bridgehead atoms. The van der Waals surface area contributed by atoms with Gasteiger partial charge >= 0.3 is 0 Å². The zero-order valence-electron chi connectivity index (χ0n) is 13.7. The largest absolute Gasteiger partial charge is 0.469 e. The van der Waals surface area contributed by atoms with Crippen molar-refractivity contribution in [2.24, 2.45) is 11.3 Å².